The number of aromatic nitrogens is 3. The topological polar surface area (TPSA) is 42.2 Å². The van der Waals surface area contributed by atoms with Gasteiger partial charge in [0.25, 0.3) is 0 Å². The van der Waals surface area contributed by atoms with Crippen LogP contribution in [0.5, 0.6) is 0 Å². The van der Waals surface area contributed by atoms with Gasteiger partial charge in [0, 0.05) is 10.2 Å². The minimum Gasteiger partial charge on any atom is -0.346 e. The van der Waals surface area contributed by atoms with Crippen LogP contribution in [0.3, 0.4) is 0 Å². The maximum Gasteiger partial charge on any atom is 0.243 e. The van der Waals surface area contributed by atoms with Crippen LogP contribution in [0.25, 0.3) is 5.65 Å². The molecule has 0 fully saturated rings. The van der Waals surface area contributed by atoms with E-state index < -0.39 is 0 Å². The van der Waals surface area contributed by atoms with Crippen LogP contribution in [0.2, 0.25) is 0 Å². The van der Waals surface area contributed by atoms with E-state index in [2.05, 4.69) is 50.4 Å². The second-order valence-corrected chi connectivity index (χ2v) is 5.71. The van der Waals surface area contributed by atoms with Gasteiger partial charge in [0.15, 0.2) is 5.65 Å². The monoisotopic (exact) mass is 330 g/mol. The van der Waals surface area contributed by atoms with E-state index in [0.29, 0.717) is 5.95 Å². The minimum atomic E-state index is 0.154. The Bertz CT molecular complexity index is 733. The van der Waals surface area contributed by atoms with E-state index in [1.165, 1.54) is 5.56 Å². The Morgan fingerprint density at radius 3 is 2.60 bits per heavy atom. The van der Waals surface area contributed by atoms with Crippen LogP contribution in [0.15, 0.2) is 46.9 Å². The smallest absolute Gasteiger partial charge is 0.243 e. The van der Waals surface area contributed by atoms with Crippen molar-refractivity contribution in [2.75, 3.05) is 5.32 Å². The maximum atomic E-state index is 4.49. The number of hydrogen-bond acceptors (Lipinski definition) is 3. The van der Waals surface area contributed by atoms with Crippen LogP contribution in [0, 0.1) is 6.92 Å². The van der Waals surface area contributed by atoms with E-state index in [1.54, 1.807) is 0 Å². The lowest BCUT2D eigenvalue weighted by Crippen LogP contribution is -2.07. The van der Waals surface area contributed by atoms with Crippen molar-refractivity contribution >= 4 is 27.5 Å². The van der Waals surface area contributed by atoms with E-state index in [-0.39, 0.29) is 6.04 Å². The van der Waals surface area contributed by atoms with E-state index in [0.717, 1.165) is 15.8 Å². The van der Waals surface area contributed by atoms with Gasteiger partial charge in [-0.1, -0.05) is 34.1 Å². The summed E-state index contributed by atoms with van der Waals surface area (Å²) in [5, 5.41) is 7.82. The van der Waals surface area contributed by atoms with Crippen LogP contribution >= 0.6 is 15.9 Å². The lowest BCUT2D eigenvalue weighted by Gasteiger charge is -2.12. The second-order valence-electron chi connectivity index (χ2n) is 4.79. The predicted octanol–water partition coefficient (Wildman–Crippen LogP) is 3.97. The van der Waals surface area contributed by atoms with Gasteiger partial charge in [-0.05, 0) is 43.7 Å². The summed E-state index contributed by atoms with van der Waals surface area (Å²) in [6.45, 7) is 4.12. The molecular formula is C15H15BrN4. The molecule has 0 aliphatic carbocycles. The number of nitrogens with one attached hydrogen (secondary N) is 1. The number of nitrogens with zero attached hydrogens (tertiary/aromatic N) is 3. The Hall–Kier alpha value is -1.88. The molecule has 3 aromatic rings. The zero-order chi connectivity index (χ0) is 14.1. The van der Waals surface area contributed by atoms with Crippen molar-refractivity contribution in [3.05, 3.63) is 58.2 Å². The number of halogens is 1. The fraction of sp³-hybridized carbons (Fsp3) is 0.200. The van der Waals surface area contributed by atoms with Gasteiger partial charge < -0.3 is 5.32 Å². The fourth-order valence-corrected chi connectivity index (χ4v) is 2.39. The predicted molar refractivity (Wildman–Crippen MR) is 83.9 cm³/mol. The maximum absolute atomic E-state index is 4.49. The molecule has 5 heteroatoms. The molecule has 1 aromatic carbocycles. The van der Waals surface area contributed by atoms with Crippen molar-refractivity contribution in [3.8, 4) is 0 Å². The lowest BCUT2D eigenvalue weighted by atomic mass is 10.1. The molecule has 1 N–H and O–H groups in total. The standard InChI is InChI=1S/C15H15BrN4/c1-10-4-3-5-14-18-15(19-20(10)14)17-11(2)12-6-8-13(16)9-7-12/h3-9,11H,1-2H3,(H,17,19). The first kappa shape index (κ1) is 13.1. The molecule has 0 bridgehead atoms. The molecule has 0 aliphatic rings. The first-order valence-corrected chi connectivity index (χ1v) is 7.27. The van der Waals surface area contributed by atoms with Crippen LogP contribution < -0.4 is 5.32 Å². The van der Waals surface area contributed by atoms with Crippen molar-refractivity contribution in [1.82, 2.24) is 14.6 Å². The lowest BCUT2D eigenvalue weighted by molar-refractivity contribution is 0.845. The molecule has 102 valence electrons. The highest BCUT2D eigenvalue weighted by Crippen LogP contribution is 2.20. The summed E-state index contributed by atoms with van der Waals surface area (Å²) in [5.74, 6) is 0.648. The van der Waals surface area contributed by atoms with Crippen molar-refractivity contribution in [2.45, 2.75) is 19.9 Å². The fourth-order valence-electron chi connectivity index (χ4n) is 2.13. The van der Waals surface area contributed by atoms with E-state index in [4.69, 9.17) is 0 Å². The molecule has 0 amide bonds. The molecule has 0 aliphatic heterocycles. The Kier molecular flexibility index (Phi) is 3.44. The van der Waals surface area contributed by atoms with Gasteiger partial charge in [0.1, 0.15) is 0 Å². The van der Waals surface area contributed by atoms with Crippen molar-refractivity contribution in [3.63, 3.8) is 0 Å². The number of aryl methyl sites for hydroxylation is 1. The van der Waals surface area contributed by atoms with Gasteiger partial charge >= 0.3 is 0 Å². The number of pyridine rings is 1. The normalized spacial score (nSPS) is 12.6. The van der Waals surface area contributed by atoms with Gasteiger partial charge in [-0.15, -0.1) is 5.10 Å². The van der Waals surface area contributed by atoms with E-state index in [9.17, 15) is 0 Å². The Balaban J connectivity index is 1.85. The average molecular weight is 331 g/mol. The van der Waals surface area contributed by atoms with E-state index >= 15 is 0 Å². The third-order valence-corrected chi connectivity index (χ3v) is 3.79. The summed E-state index contributed by atoms with van der Waals surface area (Å²) < 4.78 is 2.92. The molecule has 0 saturated heterocycles. The highest BCUT2D eigenvalue weighted by Gasteiger charge is 2.09. The van der Waals surface area contributed by atoms with E-state index in [1.807, 2.05) is 41.8 Å². The number of benzene rings is 1. The first-order valence-electron chi connectivity index (χ1n) is 6.48. The third-order valence-electron chi connectivity index (χ3n) is 3.26. The van der Waals surface area contributed by atoms with Crippen LogP contribution in [0.1, 0.15) is 24.2 Å². The zero-order valence-electron chi connectivity index (χ0n) is 11.3. The minimum absolute atomic E-state index is 0.154. The van der Waals surface area contributed by atoms with Crippen LogP contribution in [0.4, 0.5) is 5.95 Å². The molecule has 2 aromatic heterocycles. The first-order chi connectivity index (χ1) is 9.63. The summed E-state index contributed by atoms with van der Waals surface area (Å²) in [6, 6.07) is 14.4. The summed E-state index contributed by atoms with van der Waals surface area (Å²) in [7, 11) is 0. The molecule has 0 radical (unpaired) electrons. The Labute approximate surface area is 126 Å². The van der Waals surface area contributed by atoms with Gasteiger partial charge in [-0.2, -0.15) is 4.98 Å². The average Bonchev–Trinajstić information content (AvgIpc) is 2.83. The molecule has 20 heavy (non-hydrogen) atoms. The molecule has 1 unspecified atom stereocenters. The molecule has 2 heterocycles. The zero-order valence-corrected chi connectivity index (χ0v) is 12.9. The summed E-state index contributed by atoms with van der Waals surface area (Å²) >= 11 is 3.44. The SMILES string of the molecule is Cc1cccc2nc(NC(C)c3ccc(Br)cc3)nn12. The van der Waals surface area contributed by atoms with Crippen molar-refractivity contribution in [2.24, 2.45) is 0 Å². The quantitative estimate of drug-likeness (QED) is 0.789. The molecule has 4 nitrogen and oxygen atoms in total. The molecule has 1 atom stereocenters. The summed E-state index contributed by atoms with van der Waals surface area (Å²) in [5.41, 5.74) is 3.12. The largest absolute Gasteiger partial charge is 0.346 e. The third kappa shape index (κ3) is 2.54. The summed E-state index contributed by atoms with van der Waals surface area (Å²) in [4.78, 5) is 4.49. The summed E-state index contributed by atoms with van der Waals surface area (Å²) in [6.07, 6.45) is 0. The van der Waals surface area contributed by atoms with Crippen LogP contribution in [-0.2, 0) is 0 Å². The van der Waals surface area contributed by atoms with Gasteiger partial charge in [0.2, 0.25) is 5.95 Å². The highest BCUT2D eigenvalue weighted by atomic mass is 79.9. The Morgan fingerprint density at radius 1 is 1.15 bits per heavy atom. The number of hydrogen-bond donors (Lipinski definition) is 1. The van der Waals surface area contributed by atoms with Gasteiger partial charge in [0.05, 0.1) is 6.04 Å². The molecular weight excluding hydrogens is 316 g/mol. The number of rotatable bonds is 3. The van der Waals surface area contributed by atoms with Gasteiger partial charge in [-0.3, -0.25) is 0 Å². The van der Waals surface area contributed by atoms with Gasteiger partial charge in [-0.25, -0.2) is 4.52 Å². The van der Waals surface area contributed by atoms with Crippen LogP contribution in [-0.4, -0.2) is 14.6 Å². The molecule has 0 saturated carbocycles. The highest BCUT2D eigenvalue weighted by molar-refractivity contribution is 9.10. The van der Waals surface area contributed by atoms with Crippen molar-refractivity contribution in [1.29, 1.82) is 0 Å². The number of anilines is 1. The Morgan fingerprint density at radius 2 is 1.90 bits per heavy atom. The molecule has 0 spiro atoms. The van der Waals surface area contributed by atoms with Crippen molar-refractivity contribution < 1.29 is 0 Å². The molecule has 3 rings (SSSR count). The number of fused-ring (bicyclic) bond motifs is 1. The second kappa shape index (κ2) is 5.25.